The molecular formula is C16H25ClN2. The topological polar surface area (TPSA) is 29.3 Å². The van der Waals surface area contributed by atoms with E-state index < -0.39 is 0 Å². The molecule has 2 nitrogen and oxygen atoms in total. The number of hydrogen-bond acceptors (Lipinski definition) is 2. The van der Waals surface area contributed by atoms with Crippen molar-refractivity contribution >= 4 is 12.4 Å². The molecule has 1 saturated heterocycles. The van der Waals surface area contributed by atoms with Crippen molar-refractivity contribution in [1.82, 2.24) is 4.90 Å². The minimum Gasteiger partial charge on any atom is -0.330 e. The normalized spacial score (nSPS) is 24.6. The Morgan fingerprint density at radius 3 is 2.58 bits per heavy atom. The Morgan fingerprint density at radius 2 is 1.84 bits per heavy atom. The molecule has 3 rings (SSSR count). The molecule has 1 aliphatic heterocycles. The van der Waals surface area contributed by atoms with Crippen LogP contribution in [0, 0.1) is 5.92 Å². The molecule has 0 spiro atoms. The van der Waals surface area contributed by atoms with Crippen LogP contribution in [0.2, 0.25) is 0 Å². The third kappa shape index (κ3) is 3.13. The van der Waals surface area contributed by atoms with Crippen LogP contribution in [-0.2, 0) is 6.42 Å². The van der Waals surface area contributed by atoms with E-state index in [1.165, 1.54) is 45.2 Å². The largest absolute Gasteiger partial charge is 0.330 e. The van der Waals surface area contributed by atoms with Gasteiger partial charge in [0.2, 0.25) is 0 Å². The second-order valence-corrected chi connectivity index (χ2v) is 5.82. The van der Waals surface area contributed by atoms with E-state index in [0.717, 1.165) is 12.5 Å². The lowest BCUT2D eigenvalue weighted by molar-refractivity contribution is 0.122. The van der Waals surface area contributed by atoms with Crippen molar-refractivity contribution in [2.45, 2.75) is 38.1 Å². The highest BCUT2D eigenvalue weighted by atomic mass is 35.5. The number of hydrogen-bond donors (Lipinski definition) is 1. The van der Waals surface area contributed by atoms with Gasteiger partial charge >= 0.3 is 0 Å². The maximum atomic E-state index is 5.79. The number of rotatable bonds is 2. The molecule has 2 N–H and O–H groups in total. The second kappa shape index (κ2) is 6.74. The molecule has 2 aliphatic rings. The van der Waals surface area contributed by atoms with Crippen LogP contribution in [0.4, 0.5) is 0 Å². The predicted octanol–water partition coefficient (Wildman–Crippen LogP) is 3.16. The molecule has 0 saturated carbocycles. The number of fused-ring (bicyclic) bond motifs is 1. The highest BCUT2D eigenvalue weighted by molar-refractivity contribution is 5.85. The lowest BCUT2D eigenvalue weighted by Gasteiger charge is -2.40. The van der Waals surface area contributed by atoms with Crippen LogP contribution in [0.15, 0.2) is 24.3 Å². The zero-order valence-electron chi connectivity index (χ0n) is 11.6. The number of piperidine rings is 1. The highest BCUT2D eigenvalue weighted by Crippen LogP contribution is 2.36. The summed E-state index contributed by atoms with van der Waals surface area (Å²) in [4.78, 5) is 2.70. The van der Waals surface area contributed by atoms with Gasteiger partial charge in [0.1, 0.15) is 0 Å². The third-order valence-corrected chi connectivity index (χ3v) is 4.76. The lowest BCUT2D eigenvalue weighted by atomic mass is 9.85. The number of nitrogens with two attached hydrogens (primary N) is 1. The summed E-state index contributed by atoms with van der Waals surface area (Å²) in [5, 5.41) is 0. The van der Waals surface area contributed by atoms with E-state index in [-0.39, 0.29) is 12.4 Å². The van der Waals surface area contributed by atoms with Crippen molar-refractivity contribution in [3.05, 3.63) is 35.4 Å². The summed E-state index contributed by atoms with van der Waals surface area (Å²) in [5.74, 6) is 0.764. The highest BCUT2D eigenvalue weighted by Gasteiger charge is 2.28. The molecule has 106 valence electrons. The first kappa shape index (κ1) is 14.8. The van der Waals surface area contributed by atoms with Crippen LogP contribution < -0.4 is 5.73 Å². The first-order valence-corrected chi connectivity index (χ1v) is 7.40. The number of nitrogens with zero attached hydrogens (tertiary/aromatic N) is 1. The van der Waals surface area contributed by atoms with Crippen molar-refractivity contribution in [2.24, 2.45) is 11.7 Å². The van der Waals surface area contributed by atoms with Gasteiger partial charge in [0, 0.05) is 6.04 Å². The van der Waals surface area contributed by atoms with Crippen LogP contribution >= 0.6 is 12.4 Å². The molecule has 1 heterocycles. The Kier molecular flexibility index (Phi) is 5.26. The molecular weight excluding hydrogens is 256 g/mol. The van der Waals surface area contributed by atoms with Gasteiger partial charge in [-0.15, -0.1) is 12.4 Å². The Balaban J connectivity index is 0.00000133. The minimum absolute atomic E-state index is 0. The monoisotopic (exact) mass is 280 g/mol. The van der Waals surface area contributed by atoms with E-state index in [0.29, 0.717) is 6.04 Å². The Bertz CT molecular complexity index is 399. The van der Waals surface area contributed by atoms with Crippen LogP contribution in [0.3, 0.4) is 0 Å². The van der Waals surface area contributed by atoms with Crippen LogP contribution in [0.1, 0.15) is 42.9 Å². The van der Waals surface area contributed by atoms with Gasteiger partial charge < -0.3 is 5.73 Å². The minimum atomic E-state index is 0. The molecule has 0 amide bonds. The van der Waals surface area contributed by atoms with Gasteiger partial charge in [0.05, 0.1) is 0 Å². The molecule has 0 aromatic heterocycles. The fourth-order valence-corrected chi connectivity index (χ4v) is 3.61. The fourth-order valence-electron chi connectivity index (χ4n) is 3.61. The Hall–Kier alpha value is -0.570. The van der Waals surface area contributed by atoms with Gasteiger partial charge in [-0.2, -0.15) is 0 Å². The summed E-state index contributed by atoms with van der Waals surface area (Å²) >= 11 is 0. The average Bonchev–Trinajstić information content (AvgIpc) is 2.47. The Morgan fingerprint density at radius 1 is 1.11 bits per heavy atom. The van der Waals surface area contributed by atoms with Gasteiger partial charge in [-0.25, -0.2) is 0 Å². The van der Waals surface area contributed by atoms with E-state index in [1.54, 1.807) is 11.1 Å². The number of aryl methyl sites for hydroxylation is 1. The number of likely N-dealkylation sites (tertiary alicyclic amines) is 1. The van der Waals surface area contributed by atoms with E-state index in [4.69, 9.17) is 5.73 Å². The van der Waals surface area contributed by atoms with Crippen molar-refractivity contribution in [3.8, 4) is 0 Å². The molecule has 3 heteroatoms. The summed E-state index contributed by atoms with van der Waals surface area (Å²) in [6, 6.07) is 9.71. The van der Waals surface area contributed by atoms with Gasteiger partial charge in [0.15, 0.2) is 0 Å². The van der Waals surface area contributed by atoms with E-state index in [2.05, 4.69) is 29.2 Å². The van der Waals surface area contributed by atoms with Crippen molar-refractivity contribution in [1.29, 1.82) is 0 Å². The standard InChI is InChI=1S/C16H24N2.ClH/c17-12-13-8-10-18(11-9-13)16-7-3-5-14-4-1-2-6-15(14)16;/h1-2,4,6,13,16H,3,5,7-12,17H2;1H. The van der Waals surface area contributed by atoms with Crippen LogP contribution in [0.5, 0.6) is 0 Å². The van der Waals surface area contributed by atoms with E-state index >= 15 is 0 Å². The van der Waals surface area contributed by atoms with Gasteiger partial charge in [-0.3, -0.25) is 4.90 Å². The maximum Gasteiger partial charge on any atom is 0.0350 e. The smallest absolute Gasteiger partial charge is 0.0350 e. The number of benzene rings is 1. The van der Waals surface area contributed by atoms with Gasteiger partial charge in [-0.05, 0) is 68.8 Å². The van der Waals surface area contributed by atoms with Gasteiger partial charge in [-0.1, -0.05) is 24.3 Å². The van der Waals surface area contributed by atoms with Crippen LogP contribution in [0.25, 0.3) is 0 Å². The molecule has 0 radical (unpaired) electrons. The average molecular weight is 281 g/mol. The molecule has 1 atom stereocenters. The summed E-state index contributed by atoms with van der Waals surface area (Å²) in [5.41, 5.74) is 8.96. The van der Waals surface area contributed by atoms with E-state index in [9.17, 15) is 0 Å². The lowest BCUT2D eigenvalue weighted by Crippen LogP contribution is -2.39. The third-order valence-electron chi connectivity index (χ3n) is 4.76. The summed E-state index contributed by atoms with van der Waals surface area (Å²) in [6.07, 6.45) is 6.53. The molecule has 1 aliphatic carbocycles. The summed E-state index contributed by atoms with van der Waals surface area (Å²) in [6.45, 7) is 3.34. The zero-order valence-corrected chi connectivity index (χ0v) is 12.4. The number of halogens is 1. The molecule has 1 aromatic carbocycles. The molecule has 19 heavy (non-hydrogen) atoms. The van der Waals surface area contributed by atoms with Gasteiger partial charge in [0.25, 0.3) is 0 Å². The van der Waals surface area contributed by atoms with Crippen LogP contribution in [-0.4, -0.2) is 24.5 Å². The first-order chi connectivity index (χ1) is 8.88. The first-order valence-electron chi connectivity index (χ1n) is 7.40. The summed E-state index contributed by atoms with van der Waals surface area (Å²) < 4.78 is 0. The molecule has 1 fully saturated rings. The predicted molar refractivity (Wildman–Crippen MR) is 82.7 cm³/mol. The van der Waals surface area contributed by atoms with Crippen molar-refractivity contribution in [2.75, 3.05) is 19.6 Å². The quantitative estimate of drug-likeness (QED) is 0.902. The van der Waals surface area contributed by atoms with E-state index in [1.807, 2.05) is 0 Å². The molecule has 1 aromatic rings. The van der Waals surface area contributed by atoms with Crippen molar-refractivity contribution < 1.29 is 0 Å². The molecule has 1 unspecified atom stereocenters. The molecule has 0 bridgehead atoms. The summed E-state index contributed by atoms with van der Waals surface area (Å²) in [7, 11) is 0. The fraction of sp³-hybridized carbons (Fsp3) is 0.625. The second-order valence-electron chi connectivity index (χ2n) is 5.82. The van der Waals surface area contributed by atoms with Crippen molar-refractivity contribution in [3.63, 3.8) is 0 Å². The Labute approximate surface area is 122 Å². The maximum absolute atomic E-state index is 5.79. The zero-order chi connectivity index (χ0) is 12.4. The SMILES string of the molecule is Cl.NCC1CCN(C2CCCc3ccccc32)CC1.